The maximum Gasteiger partial charge on any atom is 0.243 e. The molecule has 0 saturated heterocycles. The summed E-state index contributed by atoms with van der Waals surface area (Å²) in [5.74, 6) is 0.580. The van der Waals surface area contributed by atoms with Crippen LogP contribution in [0.3, 0.4) is 0 Å². The molecular formula is C24H25N3O5S. The Hall–Kier alpha value is -2.88. The monoisotopic (exact) mass is 467 g/mol. The fraction of sp³-hybridized carbons (Fsp3) is 0.375. The molecule has 3 heterocycles. The van der Waals surface area contributed by atoms with Crippen molar-refractivity contribution in [3.8, 4) is 5.75 Å². The van der Waals surface area contributed by atoms with Crippen molar-refractivity contribution in [2.75, 3.05) is 44.6 Å². The second kappa shape index (κ2) is 7.31. The third kappa shape index (κ3) is 3.18. The van der Waals surface area contributed by atoms with Crippen LogP contribution in [0.1, 0.15) is 12.0 Å². The summed E-state index contributed by atoms with van der Waals surface area (Å²) in [6.07, 6.45) is -0.255. The lowest BCUT2D eigenvalue weighted by atomic mass is 9.93. The van der Waals surface area contributed by atoms with E-state index in [9.17, 15) is 18.3 Å². The Balaban J connectivity index is 1.17. The Labute approximate surface area is 192 Å². The molecule has 8 nitrogen and oxygen atoms in total. The highest BCUT2D eigenvalue weighted by Gasteiger charge is 2.62. The number of aliphatic hydroxyl groups is 1. The van der Waals surface area contributed by atoms with Crippen molar-refractivity contribution in [3.05, 3.63) is 65.2 Å². The SMILES string of the molecule is O=C(N1CC2=C(C1)CN(S(=O)(=O)c1ccc3c(c1)NCCO3)C2)C1(c2ccccc2)CC1O. The number of amides is 1. The molecule has 1 fully saturated rings. The van der Waals surface area contributed by atoms with E-state index in [0.29, 0.717) is 44.1 Å². The van der Waals surface area contributed by atoms with Gasteiger partial charge in [0.25, 0.3) is 0 Å². The lowest BCUT2D eigenvalue weighted by Gasteiger charge is -2.27. The molecule has 6 rings (SSSR count). The van der Waals surface area contributed by atoms with E-state index in [-0.39, 0.29) is 23.9 Å². The number of aliphatic hydroxyl groups excluding tert-OH is 1. The van der Waals surface area contributed by atoms with E-state index < -0.39 is 21.5 Å². The number of ether oxygens (including phenoxy) is 1. The number of rotatable bonds is 4. The summed E-state index contributed by atoms with van der Waals surface area (Å²) in [6.45, 7) is 2.56. The van der Waals surface area contributed by atoms with Gasteiger partial charge < -0.3 is 20.1 Å². The number of benzene rings is 2. The van der Waals surface area contributed by atoms with Gasteiger partial charge >= 0.3 is 0 Å². The highest BCUT2D eigenvalue weighted by Crippen LogP contribution is 2.50. The maximum absolute atomic E-state index is 13.4. The Kier molecular flexibility index (Phi) is 4.59. The molecule has 4 aliphatic rings. The summed E-state index contributed by atoms with van der Waals surface area (Å²) in [5, 5.41) is 13.5. The van der Waals surface area contributed by atoms with E-state index in [4.69, 9.17) is 4.74 Å². The average molecular weight is 468 g/mol. The van der Waals surface area contributed by atoms with Gasteiger partial charge in [-0.1, -0.05) is 30.3 Å². The molecule has 1 saturated carbocycles. The third-order valence-electron chi connectivity index (χ3n) is 7.14. The Morgan fingerprint density at radius 1 is 1.06 bits per heavy atom. The molecule has 2 N–H and O–H groups in total. The van der Waals surface area contributed by atoms with Gasteiger partial charge in [-0.15, -0.1) is 0 Å². The van der Waals surface area contributed by atoms with Crippen molar-refractivity contribution in [2.24, 2.45) is 0 Å². The zero-order valence-corrected chi connectivity index (χ0v) is 18.8. The molecular weight excluding hydrogens is 442 g/mol. The van der Waals surface area contributed by atoms with E-state index >= 15 is 0 Å². The molecule has 2 unspecified atom stereocenters. The number of hydrogen-bond donors (Lipinski definition) is 2. The van der Waals surface area contributed by atoms with Crippen molar-refractivity contribution in [1.82, 2.24) is 9.21 Å². The van der Waals surface area contributed by atoms with E-state index in [1.165, 1.54) is 4.31 Å². The first kappa shape index (κ1) is 20.7. The van der Waals surface area contributed by atoms with Crippen LogP contribution in [-0.4, -0.2) is 74.1 Å². The van der Waals surface area contributed by atoms with Crippen LogP contribution in [-0.2, 0) is 20.2 Å². The van der Waals surface area contributed by atoms with Gasteiger partial charge in [0.1, 0.15) is 17.8 Å². The van der Waals surface area contributed by atoms with Gasteiger partial charge in [0.05, 0.1) is 16.7 Å². The van der Waals surface area contributed by atoms with Gasteiger partial charge in [0, 0.05) is 32.7 Å². The number of nitrogens with one attached hydrogen (secondary N) is 1. The second-order valence-corrected chi connectivity index (χ2v) is 11.1. The summed E-state index contributed by atoms with van der Waals surface area (Å²) in [7, 11) is -3.67. The molecule has 2 aromatic rings. The number of nitrogens with zero attached hydrogens (tertiary/aromatic N) is 2. The summed E-state index contributed by atoms with van der Waals surface area (Å²) in [5.41, 5.74) is 2.61. The van der Waals surface area contributed by atoms with Crippen LogP contribution in [0.4, 0.5) is 5.69 Å². The standard InChI is InChI=1S/C24H25N3O5S/c28-22-11-24(22,18-4-2-1-3-5-18)23(29)26-12-16-14-27(15-17(16)13-26)33(30,31)19-6-7-21-20(10-19)25-8-9-32-21/h1-7,10,22,25,28H,8-9,11-15H2. The van der Waals surface area contributed by atoms with E-state index in [2.05, 4.69) is 5.32 Å². The van der Waals surface area contributed by atoms with Crippen LogP contribution >= 0.6 is 0 Å². The number of anilines is 1. The average Bonchev–Trinajstić information content (AvgIpc) is 3.15. The zero-order chi connectivity index (χ0) is 22.8. The van der Waals surface area contributed by atoms with Crippen LogP contribution in [0, 0.1) is 0 Å². The molecule has 9 heteroatoms. The van der Waals surface area contributed by atoms with E-state index in [0.717, 1.165) is 16.7 Å². The van der Waals surface area contributed by atoms with Crippen LogP contribution in [0.15, 0.2) is 64.6 Å². The van der Waals surface area contributed by atoms with E-state index in [1.54, 1.807) is 23.1 Å². The lowest BCUT2D eigenvalue weighted by molar-refractivity contribution is -0.133. The van der Waals surface area contributed by atoms with Crippen LogP contribution in [0.5, 0.6) is 5.75 Å². The van der Waals surface area contributed by atoms with Gasteiger partial charge in [-0.3, -0.25) is 4.79 Å². The number of sulfonamides is 1. The quantitative estimate of drug-likeness (QED) is 0.659. The third-order valence-corrected chi connectivity index (χ3v) is 8.93. The first-order valence-corrected chi connectivity index (χ1v) is 12.6. The van der Waals surface area contributed by atoms with Crippen molar-refractivity contribution in [1.29, 1.82) is 0 Å². The first-order chi connectivity index (χ1) is 15.9. The largest absolute Gasteiger partial charge is 0.490 e. The van der Waals surface area contributed by atoms with Gasteiger partial charge in [-0.05, 0) is 41.3 Å². The van der Waals surface area contributed by atoms with Crippen molar-refractivity contribution >= 4 is 21.6 Å². The van der Waals surface area contributed by atoms with Crippen LogP contribution in [0.2, 0.25) is 0 Å². The van der Waals surface area contributed by atoms with Gasteiger partial charge in [-0.25, -0.2) is 8.42 Å². The summed E-state index contributed by atoms with van der Waals surface area (Å²) in [4.78, 5) is 15.4. The summed E-state index contributed by atoms with van der Waals surface area (Å²) < 4.78 is 33.6. The minimum absolute atomic E-state index is 0.0780. The van der Waals surface area contributed by atoms with Crippen LogP contribution < -0.4 is 10.1 Å². The maximum atomic E-state index is 13.4. The Morgan fingerprint density at radius 2 is 1.76 bits per heavy atom. The molecule has 2 aromatic carbocycles. The molecule has 0 spiro atoms. The molecule has 0 bridgehead atoms. The Bertz CT molecular complexity index is 1260. The van der Waals surface area contributed by atoms with Crippen molar-refractivity contribution in [2.45, 2.75) is 22.8 Å². The summed E-state index contributed by atoms with van der Waals surface area (Å²) >= 11 is 0. The molecule has 2 atom stereocenters. The van der Waals surface area contributed by atoms with Gasteiger partial charge in [-0.2, -0.15) is 4.31 Å². The molecule has 172 valence electrons. The number of fused-ring (bicyclic) bond motifs is 1. The number of carbonyl (C=O) groups excluding carboxylic acids is 1. The molecule has 1 aliphatic carbocycles. The van der Waals surface area contributed by atoms with E-state index in [1.807, 2.05) is 30.3 Å². The first-order valence-electron chi connectivity index (χ1n) is 11.1. The van der Waals surface area contributed by atoms with Crippen LogP contribution in [0.25, 0.3) is 0 Å². The fourth-order valence-electron chi connectivity index (χ4n) is 5.22. The predicted molar refractivity (Wildman–Crippen MR) is 122 cm³/mol. The lowest BCUT2D eigenvalue weighted by Crippen LogP contribution is -2.42. The number of hydrogen-bond acceptors (Lipinski definition) is 6. The predicted octanol–water partition coefficient (Wildman–Crippen LogP) is 1.34. The Morgan fingerprint density at radius 3 is 2.42 bits per heavy atom. The fourth-order valence-corrected chi connectivity index (χ4v) is 6.67. The molecule has 0 aromatic heterocycles. The normalized spacial score (nSPS) is 26.5. The minimum Gasteiger partial charge on any atom is -0.490 e. The smallest absolute Gasteiger partial charge is 0.243 e. The minimum atomic E-state index is -3.67. The topological polar surface area (TPSA) is 99.2 Å². The molecule has 1 amide bonds. The zero-order valence-electron chi connectivity index (χ0n) is 18.0. The highest BCUT2D eigenvalue weighted by atomic mass is 32.2. The molecule has 0 radical (unpaired) electrons. The number of carbonyl (C=O) groups is 1. The second-order valence-electron chi connectivity index (χ2n) is 9.13. The summed E-state index contributed by atoms with van der Waals surface area (Å²) in [6, 6.07) is 14.3. The molecule has 33 heavy (non-hydrogen) atoms. The van der Waals surface area contributed by atoms with Crippen molar-refractivity contribution in [3.63, 3.8) is 0 Å². The highest BCUT2D eigenvalue weighted by molar-refractivity contribution is 7.89. The van der Waals surface area contributed by atoms with Gasteiger partial charge in [0.2, 0.25) is 15.9 Å². The van der Waals surface area contributed by atoms with Crippen molar-refractivity contribution < 1.29 is 23.1 Å². The van der Waals surface area contributed by atoms with Gasteiger partial charge in [0.15, 0.2) is 0 Å². The molecule has 3 aliphatic heterocycles.